The van der Waals surface area contributed by atoms with E-state index in [1.165, 1.54) is 62.8 Å². The van der Waals surface area contributed by atoms with Crippen LogP contribution in [0.15, 0.2) is 156 Å². The van der Waals surface area contributed by atoms with Gasteiger partial charge in [-0.25, -0.2) is 50.1 Å². The van der Waals surface area contributed by atoms with Crippen LogP contribution in [0.5, 0.6) is 17.2 Å². The molecule has 33 heteroatoms. The van der Waals surface area contributed by atoms with Crippen LogP contribution in [0.4, 0.5) is 57.9 Å². The van der Waals surface area contributed by atoms with Crippen molar-refractivity contribution in [2.45, 2.75) is 176 Å². The Bertz CT molecular complexity index is 7320. The highest BCUT2D eigenvalue weighted by Gasteiger charge is 2.47. The van der Waals surface area contributed by atoms with Crippen LogP contribution in [0, 0.1) is 67.3 Å². The van der Waals surface area contributed by atoms with Gasteiger partial charge in [0, 0.05) is 111 Å². The largest absolute Gasteiger partial charge is 0.507 e. The molecule has 143 heavy (non-hydrogen) atoms. The average Bonchev–Trinajstić information content (AvgIpc) is 1.42. The Morgan fingerprint density at radius 2 is 0.888 bits per heavy atom. The quantitative estimate of drug-likeness (QED) is 0.0488. The number of imidazole rings is 1. The molecule has 746 valence electrons. The maximum absolute atomic E-state index is 17.6. The molecule has 13 aromatic rings. The first kappa shape index (κ1) is 100. The van der Waals surface area contributed by atoms with Crippen molar-refractivity contribution >= 4 is 84.2 Å². The SMILES string of the molecule is C=CC(=O)N1CC2CNc3c(c4cc(F)c(-c5c(O)cccc5F)c(F)c4n(-c4c(C)cc(CN(C)C)cc4C(C)C)c3=O)N2CC1C.C=CC(=O)N1CC2COc3c(c4cc(F)c(-c5c(O)cccc5F)c(F)c4n(-c4c(C)cc(CN(C)C)cc4C(C)C)c3=O)N2CC1C.C=CC(=O)N1CC2Cc3c(c4cc(F)c(-c5c(C)ccc6[nH]cnc56)c(F)c4n(-c4c(C(C)C)ncnc4C(C)C)c3=O)N2CC1C. The highest BCUT2D eigenvalue weighted by Crippen LogP contribution is 2.52. The molecule has 8 aromatic carbocycles. The van der Waals surface area contributed by atoms with E-state index in [0.717, 1.165) is 58.7 Å². The highest BCUT2D eigenvalue weighted by atomic mass is 19.2. The van der Waals surface area contributed by atoms with Crippen LogP contribution in [-0.4, -0.2) is 203 Å². The summed E-state index contributed by atoms with van der Waals surface area (Å²) in [6.45, 7) is 41.2. The van der Waals surface area contributed by atoms with E-state index in [1.807, 2.05) is 173 Å². The van der Waals surface area contributed by atoms with Crippen molar-refractivity contribution < 1.29 is 64.5 Å². The van der Waals surface area contributed by atoms with Gasteiger partial charge in [-0.1, -0.05) is 118 Å². The minimum atomic E-state index is -1.20. The number of piperazine rings is 3. The topological polar surface area (TPSA) is 259 Å². The number of anilines is 4. The molecule has 0 saturated carbocycles. The van der Waals surface area contributed by atoms with Crippen LogP contribution in [0.2, 0.25) is 0 Å². The molecular weight excluding hydrogens is 1840 g/mol. The number of fused-ring (bicyclic) bond motifs is 16. The van der Waals surface area contributed by atoms with Crippen molar-refractivity contribution in [2.24, 2.45) is 0 Å². The van der Waals surface area contributed by atoms with Crippen LogP contribution in [-0.2, 0) is 33.9 Å². The monoisotopic (exact) mass is 1960 g/mol. The van der Waals surface area contributed by atoms with E-state index in [2.05, 4.69) is 45.0 Å². The molecule has 5 aromatic heterocycles. The average molecular weight is 1960 g/mol. The van der Waals surface area contributed by atoms with Gasteiger partial charge < -0.3 is 64.4 Å². The number of aromatic hydroxyl groups is 2. The fourth-order valence-corrected chi connectivity index (χ4v) is 22.0. The van der Waals surface area contributed by atoms with Crippen molar-refractivity contribution in [3.05, 3.63) is 275 Å². The van der Waals surface area contributed by atoms with E-state index in [4.69, 9.17) is 4.74 Å². The van der Waals surface area contributed by atoms with Gasteiger partial charge in [0.2, 0.25) is 23.5 Å². The van der Waals surface area contributed by atoms with E-state index in [0.29, 0.717) is 131 Å². The van der Waals surface area contributed by atoms with Gasteiger partial charge in [0.25, 0.3) is 16.7 Å². The molecule has 3 saturated heterocycles. The molecule has 0 spiro atoms. The third kappa shape index (κ3) is 17.1. The zero-order chi connectivity index (χ0) is 103. The Balaban J connectivity index is 0.000000147. The van der Waals surface area contributed by atoms with Gasteiger partial charge >= 0.3 is 0 Å². The Morgan fingerprint density at radius 1 is 0.469 bits per heavy atom. The number of hydrogen-bond acceptors (Lipinski definition) is 18. The number of rotatable bonds is 17. The van der Waals surface area contributed by atoms with Crippen LogP contribution >= 0.6 is 0 Å². The first-order valence-electron chi connectivity index (χ1n) is 48.0. The predicted octanol–water partition coefficient (Wildman–Crippen LogP) is 18.9. The lowest BCUT2D eigenvalue weighted by molar-refractivity contribution is -0.129. The number of aromatic nitrogens is 7. The van der Waals surface area contributed by atoms with Crippen molar-refractivity contribution in [1.82, 2.24) is 58.1 Å². The van der Waals surface area contributed by atoms with Crippen molar-refractivity contribution in [1.29, 1.82) is 0 Å². The Morgan fingerprint density at radius 3 is 1.34 bits per heavy atom. The number of pyridine rings is 3. The van der Waals surface area contributed by atoms with E-state index >= 15 is 35.1 Å². The summed E-state index contributed by atoms with van der Waals surface area (Å²) in [7, 11) is 7.80. The molecule has 0 bridgehead atoms. The first-order chi connectivity index (χ1) is 67.9. The molecule has 6 aliphatic rings. The van der Waals surface area contributed by atoms with Crippen molar-refractivity contribution in [2.75, 3.05) is 101 Å². The standard InChI is InChI=1S/C37H40F3N5O3.C37H39F3N4O4.C36H37F2N7O2/c1-8-29(47)43-18-23-15-41-33-36(44(23)16-21(43)5)25-14-27(39)31(30-26(38)10-9-11-28(30)46)32(40)35(25)45(37(33)48)34-20(4)12-22(17-42(6)7)13-24(34)19(2)3;1-8-29(46)42-17-23-18-48-36-35(43(23)15-21(42)5)25-14-27(39)31(30-26(38)10-9-11-28(30)45)32(40)34(25)44(37(36)47)33-20(4)12-22(16-41(6)7)13-24(33)19(2)3;1-8-26(46)43-14-21-11-23-33(44(21)13-20(43)7)22-12-24(37)28(27-19(6)9-10-25-32(27)42-15-39-25)29(38)34(22)45(36(23)47)35-30(17(2)3)40-16-41-31(35)18(4)5/h8-14,19,21,23,41,46H,1,15-18H2,2-7H3;8-14,19,21,23,45H,1,15-18H2,2-7H3;8-10,12,15-18,20-21H,1,11,13-14H2,2-7H3,(H,39,42). The summed E-state index contributed by atoms with van der Waals surface area (Å²) >= 11 is 0. The number of H-pyrrole nitrogens is 1. The number of carbonyl (C=O) groups excluding carboxylic acids is 3. The van der Waals surface area contributed by atoms with E-state index in [-0.39, 0.29) is 147 Å². The minimum absolute atomic E-state index is 0.0337. The highest BCUT2D eigenvalue weighted by molar-refractivity contribution is 6.06. The number of benzene rings is 8. The van der Waals surface area contributed by atoms with Crippen LogP contribution in [0.3, 0.4) is 0 Å². The van der Waals surface area contributed by atoms with Gasteiger partial charge in [-0.2, -0.15) is 0 Å². The third-order valence-electron chi connectivity index (χ3n) is 28.4. The number of ether oxygens (including phenoxy) is 1. The maximum Gasteiger partial charge on any atom is 0.300 e. The van der Waals surface area contributed by atoms with Gasteiger partial charge in [-0.15, -0.1) is 0 Å². The van der Waals surface area contributed by atoms with Gasteiger partial charge in [0.15, 0.2) is 17.5 Å². The molecule has 0 radical (unpaired) electrons. The minimum Gasteiger partial charge on any atom is -0.507 e. The summed E-state index contributed by atoms with van der Waals surface area (Å²) < 4.78 is 142. The Kier molecular flexibility index (Phi) is 27.1. The molecule has 6 atom stereocenters. The molecule has 6 unspecified atom stereocenters. The second kappa shape index (κ2) is 38.8. The molecule has 3 amide bonds. The summed E-state index contributed by atoms with van der Waals surface area (Å²) in [5.41, 5.74) is 5.86. The Hall–Kier alpha value is -14.5. The van der Waals surface area contributed by atoms with Crippen LogP contribution in [0.1, 0.15) is 156 Å². The lowest BCUT2D eigenvalue weighted by Gasteiger charge is -2.49. The lowest BCUT2D eigenvalue weighted by Crippen LogP contribution is -2.62. The van der Waals surface area contributed by atoms with Gasteiger partial charge in [-0.3, -0.25) is 42.5 Å². The zero-order valence-corrected chi connectivity index (χ0v) is 83.3. The molecule has 6 aliphatic heterocycles. The molecule has 19 rings (SSSR count). The molecule has 3 fully saturated rings. The van der Waals surface area contributed by atoms with Crippen molar-refractivity contribution in [3.8, 4) is 67.7 Å². The summed E-state index contributed by atoms with van der Waals surface area (Å²) in [5, 5.41) is 24.9. The lowest BCUT2D eigenvalue weighted by atomic mass is 9.93. The number of halogens is 8. The van der Waals surface area contributed by atoms with Crippen LogP contribution in [0.25, 0.3) is 94.2 Å². The van der Waals surface area contributed by atoms with Crippen molar-refractivity contribution in [3.63, 3.8) is 0 Å². The number of amides is 3. The normalized spacial score (nSPS) is 17.5. The molecule has 0 aliphatic carbocycles. The van der Waals surface area contributed by atoms with E-state index in [9.17, 15) is 39.0 Å². The zero-order valence-electron chi connectivity index (χ0n) is 83.3. The first-order valence-corrected chi connectivity index (χ1v) is 48.0. The molecule has 4 N–H and O–H groups in total. The number of nitrogens with one attached hydrogen (secondary N) is 2. The number of hydrogen-bond donors (Lipinski definition) is 4. The summed E-state index contributed by atoms with van der Waals surface area (Å²) in [5.74, 6) is -10.7. The number of phenols is 2. The van der Waals surface area contributed by atoms with Gasteiger partial charge in [-0.05, 0) is 199 Å². The van der Waals surface area contributed by atoms with Gasteiger partial charge in [0.1, 0.15) is 59.2 Å². The smallest absolute Gasteiger partial charge is 0.300 e. The number of phenolic OH excluding ortho intramolecular Hbond substituents is 2. The fraction of sp³-hybridized carbons (Fsp3) is 0.355. The van der Waals surface area contributed by atoms with Crippen LogP contribution < -0.4 is 41.4 Å². The summed E-state index contributed by atoms with van der Waals surface area (Å²) in [4.78, 5) is 114. The predicted molar refractivity (Wildman–Crippen MR) is 544 cm³/mol. The molecule has 11 heterocycles. The number of aromatic amines is 1. The number of carbonyl (C=O) groups is 3. The third-order valence-corrected chi connectivity index (χ3v) is 28.4. The number of nitrogens with zero attached hydrogens (tertiary/aromatic N) is 14. The molecular formula is C110H116F8N16O9. The summed E-state index contributed by atoms with van der Waals surface area (Å²) in [6, 6.07) is 20.0. The molecule has 25 nitrogen and oxygen atoms in total. The van der Waals surface area contributed by atoms with Gasteiger partial charge in [0.05, 0.1) is 125 Å². The Labute approximate surface area is 822 Å². The summed E-state index contributed by atoms with van der Waals surface area (Å²) in [6.07, 6.45) is 7.08. The maximum atomic E-state index is 17.6. The van der Waals surface area contributed by atoms with E-state index in [1.54, 1.807) is 27.7 Å². The second-order valence-electron chi connectivity index (χ2n) is 40.0. The fourth-order valence-electron chi connectivity index (χ4n) is 22.0. The second-order valence-corrected chi connectivity index (χ2v) is 40.0. The number of aryl methyl sites for hydroxylation is 3. The van der Waals surface area contributed by atoms with E-state index < -0.39 is 103 Å².